The zero-order chi connectivity index (χ0) is 15.2. The number of esters is 1. The molecule has 0 heterocycles. The van der Waals surface area contributed by atoms with E-state index >= 15 is 0 Å². The second kappa shape index (κ2) is 5.24. The molecule has 22 heavy (non-hydrogen) atoms. The number of hydrogen-bond acceptors (Lipinski definition) is 4. The Bertz CT molecular complexity index is 428. The Morgan fingerprint density at radius 3 is 1.95 bits per heavy atom. The Labute approximate surface area is 131 Å². The van der Waals surface area contributed by atoms with Crippen molar-refractivity contribution in [2.24, 2.45) is 17.8 Å². The van der Waals surface area contributed by atoms with Crippen LogP contribution in [0.1, 0.15) is 70.6 Å². The molecule has 0 atom stereocenters. The van der Waals surface area contributed by atoms with Crippen molar-refractivity contribution in [1.82, 2.24) is 0 Å². The van der Waals surface area contributed by atoms with E-state index in [0.717, 1.165) is 56.3 Å². The van der Waals surface area contributed by atoms with Gasteiger partial charge in [-0.05, 0) is 82.0 Å². The summed E-state index contributed by atoms with van der Waals surface area (Å²) in [6, 6.07) is 0. The monoisotopic (exact) mass is 305 g/mol. The van der Waals surface area contributed by atoms with Crippen molar-refractivity contribution in [1.29, 1.82) is 0 Å². The van der Waals surface area contributed by atoms with Crippen LogP contribution < -0.4 is 0 Å². The molecule has 0 aromatic carbocycles. The Balaban J connectivity index is 1.52. The highest BCUT2D eigenvalue weighted by molar-refractivity contribution is 5.81. The third kappa shape index (κ3) is 2.35. The molecule has 5 fully saturated rings. The molecule has 0 aromatic heterocycles. The molecule has 5 saturated carbocycles. The minimum absolute atomic E-state index is 0.261. The molecular formula is C18H25O4. The molecule has 0 amide bonds. The first-order valence-corrected chi connectivity index (χ1v) is 8.92. The van der Waals surface area contributed by atoms with Crippen LogP contribution in [-0.2, 0) is 19.1 Å². The van der Waals surface area contributed by atoms with E-state index in [9.17, 15) is 9.59 Å². The van der Waals surface area contributed by atoms with Gasteiger partial charge in [-0.25, -0.2) is 9.59 Å². The molecule has 121 valence electrons. The van der Waals surface area contributed by atoms with Crippen LogP contribution in [0.4, 0.5) is 0 Å². The second-order valence-corrected chi connectivity index (χ2v) is 8.23. The van der Waals surface area contributed by atoms with Crippen LogP contribution in [0.25, 0.3) is 0 Å². The molecule has 5 aliphatic carbocycles. The fourth-order valence-corrected chi connectivity index (χ4v) is 6.00. The minimum Gasteiger partial charge on any atom is -0.456 e. The van der Waals surface area contributed by atoms with Crippen molar-refractivity contribution >= 4 is 12.4 Å². The predicted octanol–water partition coefficient (Wildman–Crippen LogP) is 3.29. The summed E-state index contributed by atoms with van der Waals surface area (Å²) < 4.78 is 11.3. The van der Waals surface area contributed by atoms with E-state index in [1.165, 1.54) is 25.7 Å². The minimum atomic E-state index is -1.05. The lowest BCUT2D eigenvalue weighted by Crippen LogP contribution is -2.56. The van der Waals surface area contributed by atoms with Gasteiger partial charge in [0.15, 0.2) is 0 Å². The molecule has 0 aromatic rings. The summed E-state index contributed by atoms with van der Waals surface area (Å²) in [6.45, 7) is 1.52. The first kappa shape index (κ1) is 14.5. The molecule has 1 radical (unpaired) electrons. The molecule has 0 spiro atoms. The highest BCUT2D eigenvalue weighted by Crippen LogP contribution is 2.57. The zero-order valence-corrected chi connectivity index (χ0v) is 13.1. The Hall–Kier alpha value is -1.06. The van der Waals surface area contributed by atoms with Crippen molar-refractivity contribution in [3.8, 4) is 0 Å². The van der Waals surface area contributed by atoms with Crippen molar-refractivity contribution < 1.29 is 19.1 Å². The number of hydrogen-bond donors (Lipinski definition) is 0. The molecule has 4 nitrogen and oxygen atoms in total. The molecule has 4 bridgehead atoms. The van der Waals surface area contributed by atoms with Gasteiger partial charge in [-0.3, -0.25) is 0 Å². The lowest BCUT2D eigenvalue weighted by Gasteiger charge is -2.56. The van der Waals surface area contributed by atoms with Gasteiger partial charge in [-0.2, -0.15) is 0 Å². The smallest absolute Gasteiger partial charge is 0.418 e. The topological polar surface area (TPSA) is 52.6 Å². The van der Waals surface area contributed by atoms with Crippen LogP contribution in [0.3, 0.4) is 0 Å². The molecule has 0 saturated heterocycles. The fourth-order valence-electron chi connectivity index (χ4n) is 6.00. The van der Waals surface area contributed by atoms with Gasteiger partial charge in [0, 0.05) is 0 Å². The SMILES string of the molecule is O=[C]OC1(C(=O)OC23CC4CC(CC(C4)C2)C3)CCCCC1. The van der Waals surface area contributed by atoms with Crippen LogP contribution in [-0.4, -0.2) is 23.6 Å². The molecule has 4 heteroatoms. The first-order valence-electron chi connectivity index (χ1n) is 8.92. The summed E-state index contributed by atoms with van der Waals surface area (Å²) in [5, 5.41) is 0. The first-order chi connectivity index (χ1) is 10.6. The maximum atomic E-state index is 12.9. The largest absolute Gasteiger partial charge is 0.456 e. The molecule has 0 unspecified atom stereocenters. The van der Waals surface area contributed by atoms with Gasteiger partial charge in [0.25, 0.3) is 0 Å². The number of carbonyl (C=O) groups is 1. The standard InChI is InChI=1S/C18H25O4/c19-12-21-18(4-2-1-3-5-18)16(20)22-17-9-13-6-14(10-17)8-15(7-13)11-17/h13-15H,1-11H2. The quantitative estimate of drug-likeness (QED) is 0.748. The van der Waals surface area contributed by atoms with Gasteiger partial charge < -0.3 is 9.47 Å². The van der Waals surface area contributed by atoms with E-state index in [4.69, 9.17) is 9.47 Å². The van der Waals surface area contributed by atoms with Crippen LogP contribution in [0.5, 0.6) is 0 Å². The van der Waals surface area contributed by atoms with E-state index in [-0.39, 0.29) is 11.6 Å². The predicted molar refractivity (Wildman–Crippen MR) is 79.6 cm³/mol. The number of carbonyl (C=O) groups excluding carboxylic acids is 2. The molecular weight excluding hydrogens is 280 g/mol. The lowest BCUT2D eigenvalue weighted by molar-refractivity contribution is -0.205. The van der Waals surface area contributed by atoms with Gasteiger partial charge in [0.2, 0.25) is 5.60 Å². The zero-order valence-electron chi connectivity index (χ0n) is 13.1. The maximum Gasteiger partial charge on any atom is 0.418 e. The normalized spacial score (nSPS) is 41.9. The summed E-state index contributed by atoms with van der Waals surface area (Å²) >= 11 is 0. The molecule has 0 aliphatic heterocycles. The summed E-state index contributed by atoms with van der Waals surface area (Å²) in [6.07, 6.45) is 11.1. The van der Waals surface area contributed by atoms with Crippen molar-refractivity contribution in [2.45, 2.75) is 81.8 Å². The third-order valence-electron chi connectivity index (χ3n) is 6.56. The third-order valence-corrected chi connectivity index (χ3v) is 6.56. The summed E-state index contributed by atoms with van der Waals surface area (Å²) in [5.74, 6) is 1.91. The van der Waals surface area contributed by atoms with E-state index in [1.807, 2.05) is 0 Å². The van der Waals surface area contributed by atoms with Gasteiger partial charge in [0.1, 0.15) is 5.60 Å². The Morgan fingerprint density at radius 1 is 0.909 bits per heavy atom. The number of ether oxygens (including phenoxy) is 2. The fraction of sp³-hybridized carbons (Fsp3) is 0.889. The van der Waals surface area contributed by atoms with Gasteiger partial charge in [0.05, 0.1) is 0 Å². The van der Waals surface area contributed by atoms with Gasteiger partial charge in [-0.15, -0.1) is 0 Å². The van der Waals surface area contributed by atoms with E-state index < -0.39 is 5.60 Å². The van der Waals surface area contributed by atoms with Crippen molar-refractivity contribution in [3.63, 3.8) is 0 Å². The average molecular weight is 305 g/mol. The van der Waals surface area contributed by atoms with Crippen LogP contribution in [0.15, 0.2) is 0 Å². The second-order valence-electron chi connectivity index (χ2n) is 8.23. The van der Waals surface area contributed by atoms with Crippen molar-refractivity contribution in [2.75, 3.05) is 0 Å². The van der Waals surface area contributed by atoms with Crippen molar-refractivity contribution in [3.05, 3.63) is 0 Å². The molecule has 0 N–H and O–H groups in total. The van der Waals surface area contributed by atoms with E-state index in [1.54, 1.807) is 0 Å². The van der Waals surface area contributed by atoms with Crippen LogP contribution in [0, 0.1) is 17.8 Å². The number of rotatable bonds is 4. The highest BCUT2D eigenvalue weighted by Gasteiger charge is 2.55. The van der Waals surface area contributed by atoms with Gasteiger partial charge >= 0.3 is 12.4 Å². The van der Waals surface area contributed by atoms with Crippen LogP contribution in [0.2, 0.25) is 0 Å². The Kier molecular flexibility index (Phi) is 3.46. The average Bonchev–Trinajstić information content (AvgIpc) is 2.46. The summed E-state index contributed by atoms with van der Waals surface area (Å²) in [7, 11) is 0. The molecule has 5 aliphatic rings. The highest BCUT2D eigenvalue weighted by atomic mass is 16.6. The Morgan fingerprint density at radius 2 is 1.45 bits per heavy atom. The van der Waals surface area contributed by atoms with Crippen LogP contribution >= 0.6 is 0 Å². The van der Waals surface area contributed by atoms with E-state index in [2.05, 4.69) is 0 Å². The molecule has 5 rings (SSSR count). The van der Waals surface area contributed by atoms with E-state index in [0.29, 0.717) is 12.8 Å². The maximum absolute atomic E-state index is 12.9. The summed E-state index contributed by atoms with van der Waals surface area (Å²) in [4.78, 5) is 23.7. The summed E-state index contributed by atoms with van der Waals surface area (Å²) in [5.41, 5.74) is -1.31. The lowest BCUT2D eigenvalue weighted by atomic mass is 9.54. The van der Waals surface area contributed by atoms with Gasteiger partial charge in [-0.1, -0.05) is 6.42 Å².